The Kier molecular flexibility index (Phi) is 4.97. The first kappa shape index (κ1) is 14.1. The molecule has 104 valence electrons. The van der Waals surface area contributed by atoms with E-state index >= 15 is 0 Å². The van der Waals surface area contributed by atoms with E-state index in [2.05, 4.69) is 0 Å². The van der Waals surface area contributed by atoms with Crippen molar-refractivity contribution in [3.63, 3.8) is 0 Å². The van der Waals surface area contributed by atoms with E-state index in [1.54, 1.807) is 0 Å². The van der Waals surface area contributed by atoms with Crippen molar-refractivity contribution >= 4 is 5.78 Å². The third-order valence-corrected chi connectivity index (χ3v) is 3.98. The van der Waals surface area contributed by atoms with Crippen LogP contribution in [0.4, 0.5) is 0 Å². The van der Waals surface area contributed by atoms with Crippen molar-refractivity contribution in [2.75, 3.05) is 13.2 Å². The first-order chi connectivity index (χ1) is 9.26. The molecule has 3 heteroatoms. The summed E-state index contributed by atoms with van der Waals surface area (Å²) in [5.74, 6) is 1.44. The Bertz CT molecular complexity index is 431. The Labute approximate surface area is 115 Å². The van der Waals surface area contributed by atoms with E-state index < -0.39 is 0 Å². The number of rotatable bonds is 5. The summed E-state index contributed by atoms with van der Waals surface area (Å²) in [4.78, 5) is 12.6. The fourth-order valence-electron chi connectivity index (χ4n) is 2.95. The molecule has 3 nitrogen and oxygen atoms in total. The predicted molar refractivity (Wildman–Crippen MR) is 76.4 cm³/mol. The summed E-state index contributed by atoms with van der Waals surface area (Å²) in [7, 11) is 0. The van der Waals surface area contributed by atoms with Crippen LogP contribution in [0.3, 0.4) is 0 Å². The van der Waals surface area contributed by atoms with Gasteiger partial charge in [-0.05, 0) is 44.4 Å². The van der Waals surface area contributed by atoms with Crippen LogP contribution in [0.2, 0.25) is 0 Å². The lowest BCUT2D eigenvalue weighted by Crippen LogP contribution is -2.32. The molecule has 1 saturated carbocycles. The molecule has 0 bridgehead atoms. The van der Waals surface area contributed by atoms with Crippen molar-refractivity contribution in [3.05, 3.63) is 29.8 Å². The lowest BCUT2D eigenvalue weighted by Gasteiger charge is -2.29. The molecule has 1 fully saturated rings. The highest BCUT2D eigenvalue weighted by molar-refractivity contribution is 5.98. The Morgan fingerprint density at radius 1 is 1.37 bits per heavy atom. The zero-order valence-corrected chi connectivity index (χ0v) is 11.6. The van der Waals surface area contributed by atoms with Gasteiger partial charge in [-0.1, -0.05) is 25.0 Å². The van der Waals surface area contributed by atoms with E-state index in [0.717, 1.165) is 30.6 Å². The van der Waals surface area contributed by atoms with Crippen LogP contribution in [0.1, 0.15) is 43.0 Å². The second-order valence-electron chi connectivity index (χ2n) is 5.21. The summed E-state index contributed by atoms with van der Waals surface area (Å²) in [6.45, 7) is 3.17. The van der Waals surface area contributed by atoms with E-state index in [1.165, 1.54) is 6.42 Å². The Morgan fingerprint density at radius 3 is 2.89 bits per heavy atom. The molecule has 1 aromatic rings. The number of ketones is 1. The molecule has 1 aromatic carbocycles. The maximum Gasteiger partial charge on any atom is 0.166 e. The molecule has 1 aliphatic rings. The molecule has 0 saturated heterocycles. The van der Waals surface area contributed by atoms with Gasteiger partial charge in [-0.3, -0.25) is 4.79 Å². The number of nitrogens with two attached hydrogens (primary N) is 1. The number of Topliss-reactive ketones (excluding diaryl/α,β-unsaturated/α-hetero) is 1. The molecule has 2 atom stereocenters. The average Bonchev–Trinajstić information content (AvgIpc) is 2.47. The smallest absolute Gasteiger partial charge is 0.166 e. The van der Waals surface area contributed by atoms with Gasteiger partial charge < -0.3 is 10.5 Å². The molecule has 0 heterocycles. The van der Waals surface area contributed by atoms with Crippen LogP contribution in [-0.4, -0.2) is 18.9 Å². The number of hydrogen-bond acceptors (Lipinski definition) is 3. The lowest BCUT2D eigenvalue weighted by atomic mass is 9.75. The third-order valence-electron chi connectivity index (χ3n) is 3.98. The van der Waals surface area contributed by atoms with Crippen LogP contribution < -0.4 is 10.5 Å². The second-order valence-corrected chi connectivity index (χ2v) is 5.21. The predicted octanol–water partition coefficient (Wildman–Crippen LogP) is 3.03. The minimum Gasteiger partial charge on any atom is -0.494 e. The van der Waals surface area contributed by atoms with Crippen LogP contribution >= 0.6 is 0 Å². The Hall–Kier alpha value is -1.35. The van der Waals surface area contributed by atoms with Gasteiger partial charge in [0, 0.05) is 11.5 Å². The summed E-state index contributed by atoms with van der Waals surface area (Å²) in [5, 5.41) is 0. The van der Waals surface area contributed by atoms with Crippen molar-refractivity contribution in [3.8, 4) is 5.75 Å². The van der Waals surface area contributed by atoms with Gasteiger partial charge in [0.25, 0.3) is 0 Å². The number of hydrogen-bond donors (Lipinski definition) is 1. The van der Waals surface area contributed by atoms with Gasteiger partial charge in [0.2, 0.25) is 0 Å². The van der Waals surface area contributed by atoms with Crippen LogP contribution in [0.5, 0.6) is 5.75 Å². The average molecular weight is 261 g/mol. The summed E-state index contributed by atoms with van der Waals surface area (Å²) < 4.78 is 5.46. The number of carbonyl (C=O) groups is 1. The van der Waals surface area contributed by atoms with E-state index in [1.807, 2.05) is 31.2 Å². The summed E-state index contributed by atoms with van der Waals surface area (Å²) >= 11 is 0. The molecule has 2 N–H and O–H groups in total. The van der Waals surface area contributed by atoms with Gasteiger partial charge in [-0.15, -0.1) is 0 Å². The highest BCUT2D eigenvalue weighted by atomic mass is 16.5. The van der Waals surface area contributed by atoms with Crippen molar-refractivity contribution in [1.82, 2.24) is 0 Å². The van der Waals surface area contributed by atoms with Gasteiger partial charge >= 0.3 is 0 Å². The first-order valence-corrected chi connectivity index (χ1v) is 7.23. The van der Waals surface area contributed by atoms with E-state index in [0.29, 0.717) is 19.1 Å². The Balaban J connectivity index is 2.15. The summed E-state index contributed by atoms with van der Waals surface area (Å²) in [6, 6.07) is 7.52. The van der Waals surface area contributed by atoms with Gasteiger partial charge in [-0.25, -0.2) is 0 Å². The Morgan fingerprint density at radius 2 is 2.16 bits per heavy atom. The lowest BCUT2D eigenvalue weighted by molar-refractivity contribution is 0.0829. The van der Waals surface area contributed by atoms with Crippen LogP contribution in [0.15, 0.2) is 24.3 Å². The molecular weight excluding hydrogens is 238 g/mol. The van der Waals surface area contributed by atoms with Gasteiger partial charge in [-0.2, -0.15) is 0 Å². The molecule has 0 spiro atoms. The molecule has 0 aromatic heterocycles. The third kappa shape index (κ3) is 3.35. The highest BCUT2D eigenvalue weighted by Crippen LogP contribution is 2.32. The first-order valence-electron chi connectivity index (χ1n) is 7.23. The monoisotopic (exact) mass is 261 g/mol. The maximum absolute atomic E-state index is 12.6. The number of benzene rings is 1. The number of carbonyl (C=O) groups excluding carboxylic acids is 1. The summed E-state index contributed by atoms with van der Waals surface area (Å²) in [6.07, 6.45) is 4.39. The SMILES string of the molecule is CCOc1cccc(C(=O)C2CCCCC2CN)c1. The van der Waals surface area contributed by atoms with E-state index in [4.69, 9.17) is 10.5 Å². The number of ether oxygens (including phenoxy) is 1. The molecule has 0 amide bonds. The second kappa shape index (κ2) is 6.71. The van der Waals surface area contributed by atoms with Crippen molar-refractivity contribution in [2.24, 2.45) is 17.6 Å². The molecule has 19 heavy (non-hydrogen) atoms. The molecule has 2 unspecified atom stereocenters. The largest absolute Gasteiger partial charge is 0.494 e. The van der Waals surface area contributed by atoms with Gasteiger partial charge in [0.05, 0.1) is 6.61 Å². The van der Waals surface area contributed by atoms with Crippen LogP contribution in [-0.2, 0) is 0 Å². The van der Waals surface area contributed by atoms with E-state index in [-0.39, 0.29) is 11.7 Å². The van der Waals surface area contributed by atoms with E-state index in [9.17, 15) is 4.79 Å². The quantitative estimate of drug-likeness (QED) is 0.829. The standard InChI is InChI=1S/C16H23NO2/c1-2-19-14-8-5-7-12(10-14)16(18)15-9-4-3-6-13(15)11-17/h5,7-8,10,13,15H,2-4,6,9,11,17H2,1H3. The van der Waals surface area contributed by atoms with Crippen LogP contribution in [0.25, 0.3) is 0 Å². The van der Waals surface area contributed by atoms with Crippen molar-refractivity contribution < 1.29 is 9.53 Å². The zero-order valence-electron chi connectivity index (χ0n) is 11.6. The molecule has 0 radical (unpaired) electrons. The zero-order chi connectivity index (χ0) is 13.7. The maximum atomic E-state index is 12.6. The fourth-order valence-corrected chi connectivity index (χ4v) is 2.95. The summed E-state index contributed by atoms with van der Waals surface area (Å²) in [5.41, 5.74) is 6.57. The molecular formula is C16H23NO2. The highest BCUT2D eigenvalue weighted by Gasteiger charge is 2.30. The minimum absolute atomic E-state index is 0.0932. The van der Waals surface area contributed by atoms with Crippen molar-refractivity contribution in [1.29, 1.82) is 0 Å². The van der Waals surface area contributed by atoms with Gasteiger partial charge in [0.1, 0.15) is 5.75 Å². The van der Waals surface area contributed by atoms with Gasteiger partial charge in [0.15, 0.2) is 5.78 Å². The van der Waals surface area contributed by atoms with Crippen LogP contribution in [0, 0.1) is 11.8 Å². The normalized spacial score (nSPS) is 23.1. The molecule has 0 aliphatic heterocycles. The topological polar surface area (TPSA) is 52.3 Å². The van der Waals surface area contributed by atoms with Crippen molar-refractivity contribution in [2.45, 2.75) is 32.6 Å². The minimum atomic E-state index is 0.0932. The fraction of sp³-hybridized carbons (Fsp3) is 0.562. The molecule has 2 rings (SSSR count). The molecule has 1 aliphatic carbocycles.